The highest BCUT2D eigenvalue weighted by Crippen LogP contribution is 2.39. The Morgan fingerprint density at radius 3 is 2.71 bits per heavy atom. The Kier molecular flexibility index (Phi) is 4.13. The number of methoxy groups -OCH3 is 1. The molecule has 0 amide bonds. The molecule has 0 saturated heterocycles. The van der Waals surface area contributed by atoms with Gasteiger partial charge in [0.1, 0.15) is 5.75 Å². The molecule has 0 spiro atoms. The van der Waals surface area contributed by atoms with Gasteiger partial charge in [-0.1, -0.05) is 12.1 Å². The zero-order chi connectivity index (χ0) is 12.4. The normalized spacial score (nSPS) is 12.5. The molecule has 4 heteroatoms. The highest BCUT2D eigenvalue weighted by Gasteiger charge is 2.17. The molecule has 1 aromatic carbocycles. The van der Waals surface area contributed by atoms with Crippen LogP contribution in [0.25, 0.3) is 0 Å². The van der Waals surface area contributed by atoms with Crippen molar-refractivity contribution in [3.63, 3.8) is 0 Å². The number of hydrogen-bond donors (Lipinski definition) is 0. The van der Waals surface area contributed by atoms with Crippen molar-refractivity contribution in [2.75, 3.05) is 7.11 Å². The minimum atomic E-state index is -0.141. The van der Waals surface area contributed by atoms with Crippen LogP contribution in [-0.2, 0) is 0 Å². The van der Waals surface area contributed by atoms with Crippen molar-refractivity contribution in [3.8, 4) is 5.75 Å². The third kappa shape index (κ3) is 2.84. The number of halogens is 2. The van der Waals surface area contributed by atoms with Gasteiger partial charge in [-0.3, -0.25) is 0 Å². The van der Waals surface area contributed by atoms with Crippen LogP contribution in [0.5, 0.6) is 5.75 Å². The maximum atomic E-state index is 6.50. The lowest BCUT2D eigenvalue weighted by Gasteiger charge is -2.10. The van der Waals surface area contributed by atoms with Gasteiger partial charge in [-0.05, 0) is 46.6 Å². The second kappa shape index (κ2) is 5.42. The first-order valence-electron chi connectivity index (χ1n) is 5.15. The van der Waals surface area contributed by atoms with Crippen LogP contribution < -0.4 is 4.74 Å². The van der Waals surface area contributed by atoms with E-state index in [1.165, 1.54) is 4.88 Å². The lowest BCUT2D eigenvalue weighted by atomic mass is 10.1. The van der Waals surface area contributed by atoms with E-state index in [1.807, 2.05) is 24.3 Å². The smallest absolute Gasteiger partial charge is 0.119 e. The SMILES string of the molecule is COc1cccc(C(Cl)c2sc(C)cc2Br)c1. The van der Waals surface area contributed by atoms with Gasteiger partial charge < -0.3 is 4.74 Å². The van der Waals surface area contributed by atoms with Gasteiger partial charge in [-0.25, -0.2) is 0 Å². The molecule has 1 aromatic heterocycles. The van der Waals surface area contributed by atoms with Crippen molar-refractivity contribution in [2.45, 2.75) is 12.3 Å². The molecule has 1 unspecified atom stereocenters. The van der Waals surface area contributed by atoms with Crippen LogP contribution in [0.2, 0.25) is 0 Å². The summed E-state index contributed by atoms with van der Waals surface area (Å²) < 4.78 is 6.28. The molecule has 0 aliphatic rings. The van der Waals surface area contributed by atoms with Crippen LogP contribution >= 0.6 is 38.9 Å². The summed E-state index contributed by atoms with van der Waals surface area (Å²) in [6, 6.07) is 9.95. The average Bonchev–Trinajstić information content (AvgIpc) is 2.67. The first-order chi connectivity index (χ1) is 8.11. The number of aryl methyl sites for hydroxylation is 1. The summed E-state index contributed by atoms with van der Waals surface area (Å²) >= 11 is 11.8. The maximum Gasteiger partial charge on any atom is 0.119 e. The minimum Gasteiger partial charge on any atom is -0.497 e. The second-order valence-corrected chi connectivity index (χ2v) is 6.29. The summed E-state index contributed by atoms with van der Waals surface area (Å²) in [5, 5.41) is -0.141. The van der Waals surface area contributed by atoms with Gasteiger partial charge in [0.15, 0.2) is 0 Å². The highest BCUT2D eigenvalue weighted by atomic mass is 79.9. The molecule has 0 fully saturated rings. The van der Waals surface area contributed by atoms with Gasteiger partial charge in [-0.2, -0.15) is 0 Å². The van der Waals surface area contributed by atoms with Crippen molar-refractivity contribution in [1.82, 2.24) is 0 Å². The quantitative estimate of drug-likeness (QED) is 0.706. The Bertz CT molecular complexity index is 524. The Labute approximate surface area is 119 Å². The molecule has 1 nitrogen and oxygen atoms in total. The van der Waals surface area contributed by atoms with Crippen molar-refractivity contribution in [2.24, 2.45) is 0 Å². The third-order valence-corrected chi connectivity index (χ3v) is 5.09. The van der Waals surface area contributed by atoms with E-state index in [2.05, 4.69) is 28.9 Å². The zero-order valence-electron chi connectivity index (χ0n) is 9.54. The number of ether oxygens (including phenoxy) is 1. The van der Waals surface area contributed by atoms with Crippen molar-refractivity contribution >= 4 is 38.9 Å². The number of benzene rings is 1. The molecule has 0 aliphatic heterocycles. The third-order valence-electron chi connectivity index (χ3n) is 2.45. The Hall–Kier alpha value is -0.510. The fourth-order valence-electron chi connectivity index (χ4n) is 1.62. The molecule has 17 heavy (non-hydrogen) atoms. The molecule has 0 N–H and O–H groups in total. The standard InChI is InChI=1S/C13H12BrClOS/c1-8-6-11(14)13(17-8)12(15)9-4-3-5-10(7-9)16-2/h3-7,12H,1-2H3. The summed E-state index contributed by atoms with van der Waals surface area (Å²) in [6.07, 6.45) is 0. The predicted octanol–water partition coefficient (Wildman–Crippen LogP) is 5.16. The first-order valence-corrected chi connectivity index (χ1v) is 7.20. The van der Waals surface area contributed by atoms with E-state index in [0.717, 1.165) is 20.7 Å². The molecule has 0 radical (unpaired) electrons. The predicted molar refractivity (Wildman–Crippen MR) is 77.4 cm³/mol. The Morgan fingerprint density at radius 2 is 2.12 bits per heavy atom. The van der Waals surface area contributed by atoms with E-state index in [-0.39, 0.29) is 5.38 Å². The van der Waals surface area contributed by atoms with Crippen LogP contribution in [0.4, 0.5) is 0 Å². The van der Waals surface area contributed by atoms with Crippen LogP contribution in [0, 0.1) is 6.92 Å². The molecule has 1 atom stereocenters. The summed E-state index contributed by atoms with van der Waals surface area (Å²) in [4.78, 5) is 2.39. The Morgan fingerprint density at radius 1 is 1.35 bits per heavy atom. The summed E-state index contributed by atoms with van der Waals surface area (Å²) in [5.74, 6) is 0.831. The Balaban J connectivity index is 2.36. The van der Waals surface area contributed by atoms with E-state index in [9.17, 15) is 0 Å². The first kappa shape index (κ1) is 12.9. The van der Waals surface area contributed by atoms with Crippen molar-refractivity contribution in [3.05, 3.63) is 50.1 Å². The second-order valence-electron chi connectivity index (χ2n) is 3.71. The molecule has 2 rings (SSSR count). The van der Waals surface area contributed by atoms with Gasteiger partial charge in [0, 0.05) is 14.2 Å². The van der Waals surface area contributed by atoms with Gasteiger partial charge in [0.25, 0.3) is 0 Å². The van der Waals surface area contributed by atoms with Gasteiger partial charge in [0.2, 0.25) is 0 Å². The lowest BCUT2D eigenvalue weighted by Crippen LogP contribution is -1.92. The highest BCUT2D eigenvalue weighted by molar-refractivity contribution is 9.10. The average molecular weight is 332 g/mol. The van der Waals surface area contributed by atoms with E-state index in [1.54, 1.807) is 18.4 Å². The van der Waals surface area contributed by atoms with Gasteiger partial charge >= 0.3 is 0 Å². The van der Waals surface area contributed by atoms with Crippen molar-refractivity contribution in [1.29, 1.82) is 0 Å². The van der Waals surface area contributed by atoms with E-state index in [4.69, 9.17) is 16.3 Å². The van der Waals surface area contributed by atoms with Gasteiger partial charge in [0.05, 0.1) is 12.5 Å². The lowest BCUT2D eigenvalue weighted by molar-refractivity contribution is 0.414. The van der Waals surface area contributed by atoms with Crippen LogP contribution in [0.1, 0.15) is 20.7 Å². The van der Waals surface area contributed by atoms with Gasteiger partial charge in [-0.15, -0.1) is 22.9 Å². The summed E-state index contributed by atoms with van der Waals surface area (Å²) in [5.41, 5.74) is 1.05. The summed E-state index contributed by atoms with van der Waals surface area (Å²) in [6.45, 7) is 2.08. The largest absolute Gasteiger partial charge is 0.497 e. The fourth-order valence-corrected chi connectivity index (χ4v) is 4.03. The van der Waals surface area contributed by atoms with E-state index in [0.29, 0.717) is 0 Å². The van der Waals surface area contributed by atoms with Crippen LogP contribution in [0.15, 0.2) is 34.8 Å². The minimum absolute atomic E-state index is 0.141. The molecule has 1 heterocycles. The number of alkyl halides is 1. The molecule has 0 aliphatic carbocycles. The molecule has 0 bridgehead atoms. The molecule has 2 aromatic rings. The topological polar surface area (TPSA) is 9.23 Å². The summed E-state index contributed by atoms with van der Waals surface area (Å²) in [7, 11) is 1.66. The van der Waals surface area contributed by atoms with E-state index < -0.39 is 0 Å². The number of thiophene rings is 1. The molecular formula is C13H12BrClOS. The monoisotopic (exact) mass is 330 g/mol. The molecule has 0 saturated carbocycles. The number of hydrogen-bond acceptors (Lipinski definition) is 2. The van der Waals surface area contributed by atoms with Crippen LogP contribution in [-0.4, -0.2) is 7.11 Å². The molecular weight excluding hydrogens is 320 g/mol. The maximum absolute atomic E-state index is 6.50. The molecule has 90 valence electrons. The van der Waals surface area contributed by atoms with E-state index >= 15 is 0 Å². The fraction of sp³-hybridized carbons (Fsp3) is 0.231. The number of rotatable bonds is 3. The van der Waals surface area contributed by atoms with Crippen LogP contribution in [0.3, 0.4) is 0 Å². The zero-order valence-corrected chi connectivity index (χ0v) is 12.7. The van der Waals surface area contributed by atoms with Crippen molar-refractivity contribution < 1.29 is 4.74 Å².